The van der Waals surface area contributed by atoms with Gasteiger partial charge in [-0.2, -0.15) is 5.26 Å². The Balaban J connectivity index is 2.32. The lowest BCUT2D eigenvalue weighted by molar-refractivity contribution is 0.563. The number of nitrogens with two attached hydrogens (primary N) is 1. The van der Waals surface area contributed by atoms with E-state index in [0.717, 1.165) is 30.0 Å². The van der Waals surface area contributed by atoms with Gasteiger partial charge in [-0.3, -0.25) is 0 Å². The standard InChI is InChI=1S/C9H11N3S/c10-5-4-8-12-9-6(11)2-1-3-7(9)13-8/h6H,1-4,11H2. The fourth-order valence-electron chi connectivity index (χ4n) is 1.65. The van der Waals surface area contributed by atoms with Crippen molar-refractivity contribution in [1.29, 1.82) is 5.26 Å². The molecule has 0 radical (unpaired) electrons. The SMILES string of the molecule is N#CCc1nc2c(s1)CCCC2N. The van der Waals surface area contributed by atoms with Gasteiger partial charge in [0.05, 0.1) is 18.2 Å². The van der Waals surface area contributed by atoms with Gasteiger partial charge in [0.1, 0.15) is 5.01 Å². The molecular weight excluding hydrogens is 182 g/mol. The van der Waals surface area contributed by atoms with Crippen molar-refractivity contribution in [3.8, 4) is 6.07 Å². The lowest BCUT2D eigenvalue weighted by Gasteiger charge is -2.15. The fourth-order valence-corrected chi connectivity index (χ4v) is 2.76. The number of hydrogen-bond donors (Lipinski definition) is 1. The largest absolute Gasteiger partial charge is 0.323 e. The molecule has 1 aromatic rings. The highest BCUT2D eigenvalue weighted by atomic mass is 32.1. The quantitative estimate of drug-likeness (QED) is 0.736. The maximum absolute atomic E-state index is 8.53. The van der Waals surface area contributed by atoms with E-state index in [1.807, 2.05) is 0 Å². The minimum Gasteiger partial charge on any atom is -0.323 e. The van der Waals surface area contributed by atoms with E-state index in [1.54, 1.807) is 11.3 Å². The maximum atomic E-state index is 8.53. The second-order valence-corrected chi connectivity index (χ2v) is 4.42. The van der Waals surface area contributed by atoms with Gasteiger partial charge in [0, 0.05) is 10.9 Å². The third-order valence-electron chi connectivity index (χ3n) is 2.27. The summed E-state index contributed by atoms with van der Waals surface area (Å²) in [6.07, 6.45) is 3.70. The van der Waals surface area contributed by atoms with Crippen LogP contribution in [0.25, 0.3) is 0 Å². The third kappa shape index (κ3) is 1.58. The van der Waals surface area contributed by atoms with E-state index in [9.17, 15) is 0 Å². The molecule has 1 aliphatic carbocycles. The summed E-state index contributed by atoms with van der Waals surface area (Å²) in [5.41, 5.74) is 6.96. The predicted octanol–water partition coefficient (Wildman–Crippen LogP) is 1.55. The summed E-state index contributed by atoms with van der Waals surface area (Å²) in [5.74, 6) is 0. The van der Waals surface area contributed by atoms with Crippen LogP contribution >= 0.6 is 11.3 Å². The van der Waals surface area contributed by atoms with Crippen LogP contribution in [0.15, 0.2) is 0 Å². The number of aryl methyl sites for hydroxylation is 1. The highest BCUT2D eigenvalue weighted by Crippen LogP contribution is 2.31. The van der Waals surface area contributed by atoms with Gasteiger partial charge in [-0.1, -0.05) is 0 Å². The Morgan fingerprint density at radius 3 is 3.23 bits per heavy atom. The molecule has 1 unspecified atom stereocenters. The van der Waals surface area contributed by atoms with Crippen molar-refractivity contribution in [2.45, 2.75) is 31.7 Å². The van der Waals surface area contributed by atoms with Crippen LogP contribution in [-0.2, 0) is 12.8 Å². The summed E-state index contributed by atoms with van der Waals surface area (Å²) in [4.78, 5) is 5.69. The molecule has 2 N–H and O–H groups in total. The van der Waals surface area contributed by atoms with Crippen molar-refractivity contribution in [2.24, 2.45) is 5.73 Å². The molecular formula is C9H11N3S. The Bertz CT molecular complexity index is 350. The molecule has 0 aliphatic heterocycles. The third-order valence-corrected chi connectivity index (χ3v) is 3.40. The van der Waals surface area contributed by atoms with Gasteiger partial charge in [0.25, 0.3) is 0 Å². The number of rotatable bonds is 1. The van der Waals surface area contributed by atoms with Gasteiger partial charge in [-0.15, -0.1) is 11.3 Å². The van der Waals surface area contributed by atoms with Gasteiger partial charge >= 0.3 is 0 Å². The van der Waals surface area contributed by atoms with Crippen molar-refractivity contribution in [1.82, 2.24) is 4.98 Å². The average molecular weight is 193 g/mol. The van der Waals surface area contributed by atoms with Gasteiger partial charge in [0.15, 0.2) is 0 Å². The van der Waals surface area contributed by atoms with E-state index in [4.69, 9.17) is 11.0 Å². The van der Waals surface area contributed by atoms with E-state index in [1.165, 1.54) is 4.88 Å². The molecule has 0 bridgehead atoms. The molecule has 0 aromatic carbocycles. The number of aromatic nitrogens is 1. The Morgan fingerprint density at radius 1 is 1.69 bits per heavy atom. The highest BCUT2D eigenvalue weighted by molar-refractivity contribution is 7.11. The fraction of sp³-hybridized carbons (Fsp3) is 0.556. The second-order valence-electron chi connectivity index (χ2n) is 3.25. The maximum Gasteiger partial charge on any atom is 0.107 e. The minimum absolute atomic E-state index is 0.104. The first-order chi connectivity index (χ1) is 6.31. The topological polar surface area (TPSA) is 62.7 Å². The monoisotopic (exact) mass is 193 g/mol. The number of hydrogen-bond acceptors (Lipinski definition) is 4. The van der Waals surface area contributed by atoms with Crippen molar-refractivity contribution in [2.75, 3.05) is 0 Å². The Labute approximate surface area is 81.2 Å². The number of thiazole rings is 1. The van der Waals surface area contributed by atoms with Gasteiger partial charge in [0.2, 0.25) is 0 Å². The smallest absolute Gasteiger partial charge is 0.107 e. The van der Waals surface area contributed by atoms with Gasteiger partial charge in [-0.05, 0) is 19.3 Å². The normalized spacial score (nSPS) is 20.8. The molecule has 0 fully saturated rings. The van der Waals surface area contributed by atoms with Crippen LogP contribution in [0.1, 0.15) is 34.5 Å². The van der Waals surface area contributed by atoms with Crippen LogP contribution in [-0.4, -0.2) is 4.98 Å². The molecule has 0 saturated carbocycles. The minimum atomic E-state index is 0.104. The highest BCUT2D eigenvalue weighted by Gasteiger charge is 2.21. The second kappa shape index (κ2) is 3.44. The molecule has 1 aliphatic rings. The molecule has 1 atom stereocenters. The Kier molecular flexibility index (Phi) is 2.30. The van der Waals surface area contributed by atoms with Crippen LogP contribution in [0, 0.1) is 11.3 Å². The summed E-state index contributed by atoms with van der Waals surface area (Å²) >= 11 is 1.65. The zero-order valence-corrected chi connectivity index (χ0v) is 8.10. The average Bonchev–Trinajstić information content (AvgIpc) is 2.49. The van der Waals surface area contributed by atoms with E-state index < -0.39 is 0 Å². The molecule has 2 rings (SSSR count). The zero-order valence-electron chi connectivity index (χ0n) is 7.29. The lowest BCUT2D eigenvalue weighted by Crippen LogP contribution is -2.16. The molecule has 0 saturated heterocycles. The van der Waals surface area contributed by atoms with Gasteiger partial charge < -0.3 is 5.73 Å². The first-order valence-corrected chi connectivity index (χ1v) is 5.24. The van der Waals surface area contributed by atoms with Gasteiger partial charge in [-0.25, -0.2) is 4.98 Å². The van der Waals surface area contributed by atoms with E-state index >= 15 is 0 Å². The molecule has 0 amide bonds. The Morgan fingerprint density at radius 2 is 2.54 bits per heavy atom. The molecule has 1 aromatic heterocycles. The van der Waals surface area contributed by atoms with Crippen molar-refractivity contribution in [3.05, 3.63) is 15.6 Å². The first kappa shape index (κ1) is 8.67. The number of nitriles is 1. The van der Waals surface area contributed by atoms with Crippen molar-refractivity contribution in [3.63, 3.8) is 0 Å². The molecule has 13 heavy (non-hydrogen) atoms. The summed E-state index contributed by atoms with van der Waals surface area (Å²) in [6.45, 7) is 0. The summed E-state index contributed by atoms with van der Waals surface area (Å²) < 4.78 is 0. The van der Waals surface area contributed by atoms with Crippen molar-refractivity contribution < 1.29 is 0 Å². The van der Waals surface area contributed by atoms with Crippen LogP contribution in [0.5, 0.6) is 0 Å². The molecule has 68 valence electrons. The lowest BCUT2D eigenvalue weighted by atomic mass is 9.99. The van der Waals surface area contributed by atoms with E-state index in [2.05, 4.69) is 11.1 Å². The van der Waals surface area contributed by atoms with Crippen LogP contribution in [0.4, 0.5) is 0 Å². The predicted molar refractivity (Wildman–Crippen MR) is 51.3 cm³/mol. The number of fused-ring (bicyclic) bond motifs is 1. The van der Waals surface area contributed by atoms with E-state index in [0.29, 0.717) is 6.42 Å². The van der Waals surface area contributed by atoms with Crippen LogP contribution in [0.2, 0.25) is 0 Å². The summed E-state index contributed by atoms with van der Waals surface area (Å²) in [5, 5.41) is 9.45. The zero-order chi connectivity index (χ0) is 9.26. The molecule has 4 heteroatoms. The van der Waals surface area contributed by atoms with Crippen LogP contribution < -0.4 is 5.73 Å². The number of nitrogens with zero attached hydrogens (tertiary/aromatic N) is 2. The van der Waals surface area contributed by atoms with E-state index in [-0.39, 0.29) is 6.04 Å². The summed E-state index contributed by atoms with van der Waals surface area (Å²) in [7, 11) is 0. The summed E-state index contributed by atoms with van der Waals surface area (Å²) in [6, 6.07) is 2.22. The van der Waals surface area contributed by atoms with Crippen molar-refractivity contribution >= 4 is 11.3 Å². The molecule has 0 spiro atoms. The molecule has 3 nitrogen and oxygen atoms in total. The van der Waals surface area contributed by atoms with Crippen LogP contribution in [0.3, 0.4) is 0 Å². The first-order valence-electron chi connectivity index (χ1n) is 4.42. The molecule has 1 heterocycles. The Hall–Kier alpha value is -0.920.